The average Bonchev–Trinajstić information content (AvgIpc) is 2.70. The average molecular weight is 375 g/mol. The third kappa shape index (κ3) is 4.61. The second-order valence-corrected chi connectivity index (χ2v) is 7.02. The Morgan fingerprint density at radius 1 is 1.22 bits per heavy atom. The van der Waals surface area contributed by atoms with Crippen LogP contribution in [0, 0.1) is 5.41 Å². The van der Waals surface area contributed by atoms with E-state index >= 15 is 0 Å². The quantitative estimate of drug-likeness (QED) is 0.483. The smallest absolute Gasteiger partial charge is 0.251 e. The highest BCUT2D eigenvalue weighted by Crippen LogP contribution is 2.48. The van der Waals surface area contributed by atoms with Gasteiger partial charge in [0.1, 0.15) is 0 Å². The molecule has 1 aliphatic rings. The summed E-state index contributed by atoms with van der Waals surface area (Å²) in [6.07, 6.45) is 3.51. The van der Waals surface area contributed by atoms with Crippen LogP contribution in [0.2, 0.25) is 0 Å². The van der Waals surface area contributed by atoms with Crippen LogP contribution >= 0.6 is 0 Å². The number of carbonyl (C=O) groups is 1. The van der Waals surface area contributed by atoms with Crippen molar-refractivity contribution in [3.8, 4) is 0 Å². The molecule has 1 saturated carbocycles. The predicted octanol–water partition coefficient (Wildman–Crippen LogP) is 2.70. The lowest BCUT2D eigenvalue weighted by Gasteiger charge is -2.55. The zero-order valence-corrected chi connectivity index (χ0v) is 17.3. The number of ether oxygens (including phenoxy) is 1. The number of rotatable bonds is 8. The van der Waals surface area contributed by atoms with Crippen molar-refractivity contribution in [3.05, 3.63) is 35.4 Å². The molecule has 1 aromatic rings. The fraction of sp³-hybridized carbons (Fsp3) is 0.619. The number of guanidine groups is 1. The summed E-state index contributed by atoms with van der Waals surface area (Å²) in [5.41, 5.74) is 1.93. The number of nitrogens with one attached hydrogen (secondary N) is 3. The summed E-state index contributed by atoms with van der Waals surface area (Å²) in [4.78, 5) is 16.0. The van der Waals surface area contributed by atoms with Gasteiger partial charge in [-0.15, -0.1) is 0 Å². The zero-order chi connectivity index (χ0) is 19.9. The van der Waals surface area contributed by atoms with Crippen molar-refractivity contribution in [2.24, 2.45) is 10.4 Å². The van der Waals surface area contributed by atoms with Crippen molar-refractivity contribution < 1.29 is 9.53 Å². The van der Waals surface area contributed by atoms with Crippen LogP contribution in [-0.4, -0.2) is 44.7 Å². The Morgan fingerprint density at radius 3 is 2.41 bits per heavy atom. The summed E-state index contributed by atoms with van der Waals surface area (Å²) < 4.78 is 5.96. The Balaban J connectivity index is 1.93. The Labute approximate surface area is 163 Å². The summed E-state index contributed by atoms with van der Waals surface area (Å²) >= 11 is 0. The second kappa shape index (κ2) is 9.74. The van der Waals surface area contributed by atoms with E-state index in [2.05, 4.69) is 41.7 Å². The van der Waals surface area contributed by atoms with E-state index in [0.717, 1.165) is 37.4 Å². The highest BCUT2D eigenvalue weighted by Gasteiger charge is 2.53. The van der Waals surface area contributed by atoms with Crippen molar-refractivity contribution in [2.45, 2.75) is 58.7 Å². The molecule has 0 radical (unpaired) electrons. The molecule has 1 aliphatic carbocycles. The van der Waals surface area contributed by atoms with E-state index in [9.17, 15) is 4.79 Å². The van der Waals surface area contributed by atoms with E-state index in [1.165, 1.54) is 0 Å². The van der Waals surface area contributed by atoms with E-state index in [4.69, 9.17) is 4.74 Å². The van der Waals surface area contributed by atoms with Crippen molar-refractivity contribution in [2.75, 3.05) is 20.7 Å². The summed E-state index contributed by atoms with van der Waals surface area (Å²) in [6, 6.07) is 7.96. The molecule has 2 atom stereocenters. The second-order valence-electron chi connectivity index (χ2n) is 7.02. The highest BCUT2D eigenvalue weighted by atomic mass is 16.5. The van der Waals surface area contributed by atoms with E-state index in [1.54, 1.807) is 14.1 Å². The molecule has 0 bridgehead atoms. The number of benzene rings is 1. The number of hydrogen-bond donors (Lipinski definition) is 3. The van der Waals surface area contributed by atoms with Crippen LogP contribution in [0.15, 0.2) is 29.3 Å². The van der Waals surface area contributed by atoms with Crippen molar-refractivity contribution in [1.29, 1.82) is 0 Å². The molecule has 0 aromatic heterocycles. The third-order valence-electron chi connectivity index (χ3n) is 5.91. The molecule has 1 amide bonds. The van der Waals surface area contributed by atoms with Gasteiger partial charge in [0.15, 0.2) is 5.96 Å². The van der Waals surface area contributed by atoms with Gasteiger partial charge < -0.3 is 20.7 Å². The monoisotopic (exact) mass is 374 g/mol. The maximum Gasteiger partial charge on any atom is 0.251 e. The standard InChI is InChI=1S/C21H34N4O2/c1-6-21(7-2)17(13-18(21)27-8-3)25-20(23-5)24-14-15-9-11-16(12-10-15)19(26)22-4/h9-12,17-18H,6-8,13-14H2,1-5H3,(H,22,26)(H2,23,24,25). The number of hydrogen-bond acceptors (Lipinski definition) is 3. The van der Waals surface area contributed by atoms with E-state index in [-0.39, 0.29) is 11.3 Å². The molecule has 3 N–H and O–H groups in total. The topological polar surface area (TPSA) is 74.8 Å². The molecule has 2 unspecified atom stereocenters. The van der Waals surface area contributed by atoms with Crippen LogP contribution in [0.1, 0.15) is 56.0 Å². The van der Waals surface area contributed by atoms with Crippen LogP contribution in [-0.2, 0) is 11.3 Å². The molecule has 6 heteroatoms. The first-order chi connectivity index (χ1) is 13.0. The van der Waals surface area contributed by atoms with Gasteiger partial charge in [-0.3, -0.25) is 9.79 Å². The molecule has 0 aliphatic heterocycles. The first-order valence-electron chi connectivity index (χ1n) is 9.94. The first kappa shape index (κ1) is 21.2. The van der Waals surface area contributed by atoms with E-state index in [0.29, 0.717) is 24.3 Å². The van der Waals surface area contributed by atoms with Crippen molar-refractivity contribution >= 4 is 11.9 Å². The van der Waals surface area contributed by atoms with Gasteiger partial charge in [-0.25, -0.2) is 0 Å². The summed E-state index contributed by atoms with van der Waals surface area (Å²) in [5.74, 6) is 0.730. The summed E-state index contributed by atoms with van der Waals surface area (Å²) in [7, 11) is 3.43. The van der Waals surface area contributed by atoms with Crippen LogP contribution in [0.3, 0.4) is 0 Å². The minimum atomic E-state index is -0.0729. The molecule has 2 rings (SSSR count). The van der Waals surface area contributed by atoms with Gasteiger partial charge in [0, 0.05) is 44.3 Å². The van der Waals surface area contributed by atoms with Crippen LogP contribution in [0.25, 0.3) is 0 Å². The minimum Gasteiger partial charge on any atom is -0.378 e. The Morgan fingerprint density at radius 2 is 1.89 bits per heavy atom. The predicted molar refractivity (Wildman–Crippen MR) is 110 cm³/mol. The van der Waals surface area contributed by atoms with Crippen LogP contribution < -0.4 is 16.0 Å². The normalized spacial score (nSPS) is 21.3. The fourth-order valence-corrected chi connectivity index (χ4v) is 4.05. The highest BCUT2D eigenvalue weighted by molar-refractivity contribution is 5.93. The van der Waals surface area contributed by atoms with Gasteiger partial charge in [-0.05, 0) is 43.9 Å². The number of carbonyl (C=O) groups excluding carboxylic acids is 1. The maximum absolute atomic E-state index is 11.6. The number of aliphatic imine (C=N–C) groups is 1. The van der Waals surface area contributed by atoms with Gasteiger partial charge in [0.2, 0.25) is 0 Å². The third-order valence-corrected chi connectivity index (χ3v) is 5.91. The molecule has 27 heavy (non-hydrogen) atoms. The molecular formula is C21H34N4O2. The largest absolute Gasteiger partial charge is 0.378 e. The van der Waals surface area contributed by atoms with Gasteiger partial charge in [-0.1, -0.05) is 26.0 Å². The van der Waals surface area contributed by atoms with Gasteiger partial charge in [0.05, 0.1) is 6.10 Å². The number of amides is 1. The van der Waals surface area contributed by atoms with Crippen LogP contribution in [0.4, 0.5) is 0 Å². The van der Waals surface area contributed by atoms with Crippen molar-refractivity contribution in [3.63, 3.8) is 0 Å². The molecule has 1 fully saturated rings. The lowest BCUT2D eigenvalue weighted by atomic mass is 9.58. The molecular weight excluding hydrogens is 340 g/mol. The fourth-order valence-electron chi connectivity index (χ4n) is 4.05. The molecule has 0 heterocycles. The first-order valence-corrected chi connectivity index (χ1v) is 9.94. The minimum absolute atomic E-state index is 0.0729. The Bertz CT molecular complexity index is 638. The van der Waals surface area contributed by atoms with Gasteiger partial charge >= 0.3 is 0 Å². The number of nitrogens with zero attached hydrogens (tertiary/aromatic N) is 1. The van der Waals surface area contributed by atoms with Crippen LogP contribution in [0.5, 0.6) is 0 Å². The SMILES string of the molecule is CCOC1CC(NC(=NC)NCc2ccc(C(=O)NC)cc2)C1(CC)CC. The molecule has 1 aromatic carbocycles. The van der Waals surface area contributed by atoms with Gasteiger partial charge in [0.25, 0.3) is 5.91 Å². The van der Waals surface area contributed by atoms with Crippen molar-refractivity contribution in [1.82, 2.24) is 16.0 Å². The molecule has 150 valence electrons. The zero-order valence-electron chi connectivity index (χ0n) is 17.3. The molecule has 6 nitrogen and oxygen atoms in total. The lowest BCUT2D eigenvalue weighted by molar-refractivity contribution is -0.133. The maximum atomic E-state index is 11.6. The lowest BCUT2D eigenvalue weighted by Crippen LogP contribution is -2.65. The Hall–Kier alpha value is -2.08. The molecule has 0 saturated heterocycles. The Kier molecular flexibility index (Phi) is 7.66. The van der Waals surface area contributed by atoms with Gasteiger partial charge in [-0.2, -0.15) is 0 Å². The molecule has 0 spiro atoms. The summed E-state index contributed by atoms with van der Waals surface area (Å²) in [6.45, 7) is 7.96. The summed E-state index contributed by atoms with van der Waals surface area (Å²) in [5, 5.41) is 9.60. The van der Waals surface area contributed by atoms with E-state index in [1.807, 2.05) is 24.3 Å². The van der Waals surface area contributed by atoms with E-state index < -0.39 is 0 Å².